The van der Waals surface area contributed by atoms with Crippen LogP contribution in [0.3, 0.4) is 0 Å². The lowest BCUT2D eigenvalue weighted by molar-refractivity contribution is -0.183. The highest BCUT2D eigenvalue weighted by atomic mass is 35.5. The van der Waals surface area contributed by atoms with Gasteiger partial charge in [0.15, 0.2) is 5.65 Å². The summed E-state index contributed by atoms with van der Waals surface area (Å²) < 4.78 is 81.6. The van der Waals surface area contributed by atoms with Gasteiger partial charge in [-0.1, -0.05) is 50.0 Å². The first-order valence-electron chi connectivity index (χ1n) is 17.5. The second-order valence-corrected chi connectivity index (χ2v) is 15.7. The number of hydrogen-bond donors (Lipinski definition) is 4. The Balaban J connectivity index is 1.49. The van der Waals surface area contributed by atoms with Gasteiger partial charge in [0, 0.05) is 31.6 Å². The van der Waals surface area contributed by atoms with Crippen LogP contribution in [0, 0.1) is 23.2 Å². The van der Waals surface area contributed by atoms with Crippen molar-refractivity contribution in [3.63, 3.8) is 0 Å². The van der Waals surface area contributed by atoms with E-state index in [1.165, 1.54) is 10.6 Å². The molecule has 1 aliphatic heterocycles. The molecule has 1 saturated carbocycles. The van der Waals surface area contributed by atoms with Crippen LogP contribution in [0.2, 0.25) is 10.0 Å². The predicted octanol–water partition coefficient (Wildman–Crippen LogP) is 7.51. The maximum Gasteiger partial charge on any atom is 0.391 e. The van der Waals surface area contributed by atoms with Gasteiger partial charge in [0.2, 0.25) is 17.8 Å². The highest BCUT2D eigenvalue weighted by Gasteiger charge is 2.43. The second-order valence-electron chi connectivity index (χ2n) is 14.9. The van der Waals surface area contributed by atoms with Gasteiger partial charge in [-0.05, 0) is 62.1 Å². The summed E-state index contributed by atoms with van der Waals surface area (Å²) in [6, 6.07) is 4.58. The van der Waals surface area contributed by atoms with E-state index in [1.54, 1.807) is 37.8 Å². The number of aromatic nitrogens is 3. The molecule has 1 saturated heterocycles. The van der Waals surface area contributed by atoms with Crippen molar-refractivity contribution in [2.45, 2.75) is 84.7 Å². The first-order valence-corrected chi connectivity index (χ1v) is 18.3. The zero-order valence-electron chi connectivity index (χ0n) is 29.9. The SMILES string of the molecule is CC(C)(C)C(=O)NCc1ccc(Cl)c(Nc2nc3cc(C(=O)NCC4CCC(C(F)(F)F)CC4)c(N4CCC(C(F)(F)F)CC4)nc3n2CC(N)=O)c1Cl. The molecule has 0 spiro atoms. The van der Waals surface area contributed by atoms with E-state index in [9.17, 15) is 40.7 Å². The quantitative estimate of drug-likeness (QED) is 0.155. The summed E-state index contributed by atoms with van der Waals surface area (Å²) in [5, 5.41) is 8.93. The lowest BCUT2D eigenvalue weighted by Crippen LogP contribution is -2.41. The number of imidazole rings is 1. The van der Waals surface area contributed by atoms with Crippen LogP contribution in [0.4, 0.5) is 43.8 Å². The van der Waals surface area contributed by atoms with Gasteiger partial charge in [-0.2, -0.15) is 26.3 Å². The number of nitrogens with zero attached hydrogens (tertiary/aromatic N) is 4. The minimum atomic E-state index is -4.40. The van der Waals surface area contributed by atoms with Gasteiger partial charge in [-0.3, -0.25) is 19.0 Å². The Labute approximate surface area is 317 Å². The molecule has 54 heavy (non-hydrogen) atoms. The first kappa shape index (κ1) is 41.2. The zero-order chi connectivity index (χ0) is 39.7. The predicted molar refractivity (Wildman–Crippen MR) is 193 cm³/mol. The van der Waals surface area contributed by atoms with Crippen molar-refractivity contribution in [1.29, 1.82) is 0 Å². The van der Waals surface area contributed by atoms with Gasteiger partial charge in [0.25, 0.3) is 5.91 Å². The fourth-order valence-corrected chi connectivity index (χ4v) is 7.22. The summed E-state index contributed by atoms with van der Waals surface area (Å²) in [7, 11) is 0. The van der Waals surface area contributed by atoms with E-state index in [4.69, 9.17) is 28.9 Å². The number of carbonyl (C=O) groups is 3. The Hall–Kier alpha value is -3.99. The molecule has 0 radical (unpaired) electrons. The second kappa shape index (κ2) is 16.0. The number of anilines is 3. The van der Waals surface area contributed by atoms with Gasteiger partial charge in [-0.25, -0.2) is 9.97 Å². The van der Waals surface area contributed by atoms with Gasteiger partial charge >= 0.3 is 12.4 Å². The molecular weight excluding hydrogens is 765 g/mol. The number of rotatable bonds is 10. The van der Waals surface area contributed by atoms with Crippen LogP contribution >= 0.6 is 23.2 Å². The molecule has 3 aromatic rings. The van der Waals surface area contributed by atoms with Crippen LogP contribution in [0.15, 0.2) is 18.2 Å². The average molecular weight is 808 g/mol. The summed E-state index contributed by atoms with van der Waals surface area (Å²) in [5.41, 5.74) is 5.80. The monoisotopic (exact) mass is 806 g/mol. The van der Waals surface area contributed by atoms with E-state index in [2.05, 4.69) is 25.9 Å². The van der Waals surface area contributed by atoms with Crippen LogP contribution in [0.5, 0.6) is 0 Å². The molecule has 3 amide bonds. The van der Waals surface area contributed by atoms with E-state index in [0.717, 1.165) is 0 Å². The normalized spacial score (nSPS) is 18.8. The maximum absolute atomic E-state index is 13.8. The lowest BCUT2D eigenvalue weighted by Gasteiger charge is -2.34. The molecule has 11 nitrogen and oxygen atoms in total. The van der Waals surface area contributed by atoms with Crippen LogP contribution in [-0.2, 0) is 22.7 Å². The topological polar surface area (TPSA) is 147 Å². The number of nitrogens with one attached hydrogen (secondary N) is 3. The fraction of sp³-hybridized carbons (Fsp3) is 0.571. The van der Waals surface area contributed by atoms with Gasteiger partial charge in [0.05, 0.1) is 33.1 Å². The van der Waals surface area contributed by atoms with Crippen molar-refractivity contribution >= 4 is 69.5 Å². The molecule has 1 aromatic carbocycles. The number of carbonyl (C=O) groups excluding carboxylic acids is 3. The Kier molecular flexibility index (Phi) is 12.2. The average Bonchev–Trinajstić information content (AvgIpc) is 3.41. The van der Waals surface area contributed by atoms with E-state index < -0.39 is 48.0 Å². The number of alkyl halides is 6. The Morgan fingerprint density at radius 2 is 1.50 bits per heavy atom. The van der Waals surface area contributed by atoms with E-state index in [-0.39, 0.29) is 121 Å². The largest absolute Gasteiger partial charge is 0.391 e. The molecule has 5 N–H and O–H groups in total. The van der Waals surface area contributed by atoms with Crippen molar-refractivity contribution in [2.75, 3.05) is 29.9 Å². The number of nitrogens with two attached hydrogens (primary N) is 1. The molecule has 2 fully saturated rings. The molecular formula is C35H42Cl2F6N8O3. The summed E-state index contributed by atoms with van der Waals surface area (Å²) in [5.74, 6) is -4.72. The number of fused-ring (bicyclic) bond motifs is 1. The third-order valence-electron chi connectivity index (χ3n) is 9.91. The maximum atomic E-state index is 13.8. The summed E-state index contributed by atoms with van der Waals surface area (Å²) in [6.45, 7) is 4.81. The van der Waals surface area contributed by atoms with Crippen molar-refractivity contribution in [3.05, 3.63) is 39.4 Å². The van der Waals surface area contributed by atoms with Gasteiger partial charge in [0.1, 0.15) is 17.9 Å². The number of primary amides is 1. The van der Waals surface area contributed by atoms with Crippen molar-refractivity contribution in [2.24, 2.45) is 28.9 Å². The van der Waals surface area contributed by atoms with Crippen molar-refractivity contribution < 1.29 is 40.7 Å². The molecule has 2 aromatic heterocycles. The van der Waals surface area contributed by atoms with E-state index >= 15 is 0 Å². The number of hydrogen-bond acceptors (Lipinski definition) is 7. The van der Waals surface area contributed by atoms with Crippen LogP contribution in [0.1, 0.15) is 75.2 Å². The number of pyridine rings is 1. The molecule has 296 valence electrons. The lowest BCUT2D eigenvalue weighted by atomic mass is 9.81. The Morgan fingerprint density at radius 1 is 0.889 bits per heavy atom. The molecule has 19 heteroatoms. The van der Waals surface area contributed by atoms with Crippen LogP contribution < -0.4 is 26.6 Å². The standard InChI is InChI=1S/C35H42Cl2F6N8O3/c1-33(2,3)31(54)46-16-19-6-9-23(36)27(26(19)37)48-32-47-24-14-22(30(53)45-15-18-4-7-20(8-5-18)34(38,39)40)28(49-29(24)51(32)17-25(44)52)50-12-10-21(11-13-50)35(41,42)43/h6,9,14,18,20-21H,4-5,7-8,10-13,15-17H2,1-3H3,(H2,44,52)(H,45,53)(H,46,54)(H,47,48). The minimum absolute atomic E-state index is 0.00307. The van der Waals surface area contributed by atoms with Crippen molar-refractivity contribution in [1.82, 2.24) is 25.2 Å². The number of halogens is 8. The molecule has 3 heterocycles. The summed E-state index contributed by atoms with van der Waals surface area (Å²) in [4.78, 5) is 49.4. The molecule has 0 atom stereocenters. The number of amides is 3. The number of benzene rings is 1. The van der Waals surface area contributed by atoms with E-state index in [0.29, 0.717) is 5.56 Å². The Morgan fingerprint density at radius 3 is 2.07 bits per heavy atom. The summed E-state index contributed by atoms with van der Waals surface area (Å²) in [6.07, 6.45) is -8.73. The fourth-order valence-electron chi connectivity index (χ4n) is 6.69. The highest BCUT2D eigenvalue weighted by molar-refractivity contribution is 6.39. The Bertz CT molecular complexity index is 1880. The smallest absolute Gasteiger partial charge is 0.368 e. The van der Waals surface area contributed by atoms with Gasteiger partial charge in [-0.15, -0.1) is 0 Å². The molecule has 1 aliphatic carbocycles. The zero-order valence-corrected chi connectivity index (χ0v) is 31.4. The third kappa shape index (κ3) is 9.62. The summed E-state index contributed by atoms with van der Waals surface area (Å²) >= 11 is 13.3. The minimum Gasteiger partial charge on any atom is -0.368 e. The van der Waals surface area contributed by atoms with Crippen LogP contribution in [-0.4, -0.2) is 64.2 Å². The highest BCUT2D eigenvalue weighted by Crippen LogP contribution is 2.41. The molecule has 5 rings (SSSR count). The molecule has 2 aliphatic rings. The first-order chi connectivity index (χ1) is 25.1. The molecule has 0 bridgehead atoms. The van der Waals surface area contributed by atoms with Crippen LogP contribution in [0.25, 0.3) is 11.2 Å². The number of piperidine rings is 1. The van der Waals surface area contributed by atoms with Gasteiger partial charge < -0.3 is 26.6 Å². The molecule has 0 unspecified atom stereocenters. The van der Waals surface area contributed by atoms with Crippen molar-refractivity contribution in [3.8, 4) is 0 Å². The third-order valence-corrected chi connectivity index (χ3v) is 10.7. The van der Waals surface area contributed by atoms with E-state index in [1.807, 2.05) is 0 Å².